The first-order valence-electron chi connectivity index (χ1n) is 5.33. The van der Waals surface area contributed by atoms with E-state index >= 15 is 0 Å². The number of anilines is 1. The van der Waals surface area contributed by atoms with Crippen molar-refractivity contribution in [2.75, 3.05) is 5.32 Å². The van der Waals surface area contributed by atoms with E-state index in [4.69, 9.17) is 11.6 Å². The molecule has 0 spiro atoms. The number of rotatable bonds is 2. The van der Waals surface area contributed by atoms with Gasteiger partial charge in [-0.15, -0.1) is 0 Å². The smallest absolute Gasteiger partial charge is 0.290 e. The molecule has 0 atom stereocenters. The Bertz CT molecular complexity index is 646. The zero-order valence-corrected chi connectivity index (χ0v) is 10.5. The molecular formula is C12H7ClF3N3O. The minimum atomic E-state index is -4.51. The molecule has 1 heterocycles. The first-order valence-corrected chi connectivity index (χ1v) is 5.71. The molecule has 1 N–H and O–H groups in total. The fraction of sp³-hybridized carbons (Fsp3) is 0.0833. The highest BCUT2D eigenvalue weighted by molar-refractivity contribution is 6.29. The molecule has 0 fully saturated rings. The van der Waals surface area contributed by atoms with E-state index in [9.17, 15) is 18.0 Å². The van der Waals surface area contributed by atoms with Crippen molar-refractivity contribution < 1.29 is 18.0 Å². The Labute approximate surface area is 116 Å². The van der Waals surface area contributed by atoms with Crippen molar-refractivity contribution in [1.29, 1.82) is 0 Å². The maximum atomic E-state index is 12.5. The molecule has 104 valence electrons. The molecule has 20 heavy (non-hydrogen) atoms. The average Bonchev–Trinajstić information content (AvgIpc) is 2.38. The summed E-state index contributed by atoms with van der Waals surface area (Å²) < 4.78 is 37.6. The predicted molar refractivity (Wildman–Crippen MR) is 66.4 cm³/mol. The zero-order chi connectivity index (χ0) is 14.8. The Kier molecular flexibility index (Phi) is 3.89. The normalized spacial score (nSPS) is 11.2. The number of carbonyl (C=O) groups is 1. The van der Waals surface area contributed by atoms with Gasteiger partial charge in [0.2, 0.25) is 5.95 Å². The van der Waals surface area contributed by atoms with Gasteiger partial charge in [0.1, 0.15) is 5.15 Å². The van der Waals surface area contributed by atoms with Crippen LogP contribution in [0.2, 0.25) is 5.15 Å². The molecule has 1 aromatic heterocycles. The van der Waals surface area contributed by atoms with Crippen LogP contribution in [0.3, 0.4) is 0 Å². The third-order valence-corrected chi connectivity index (χ3v) is 2.51. The maximum Gasteiger partial charge on any atom is 0.416 e. The van der Waals surface area contributed by atoms with E-state index in [1.807, 2.05) is 0 Å². The predicted octanol–water partition coefficient (Wildman–Crippen LogP) is 3.40. The highest BCUT2D eigenvalue weighted by atomic mass is 35.5. The first-order chi connectivity index (χ1) is 9.36. The third-order valence-electron chi connectivity index (χ3n) is 2.30. The largest absolute Gasteiger partial charge is 0.416 e. The molecule has 4 nitrogen and oxygen atoms in total. The topological polar surface area (TPSA) is 54.9 Å². The molecule has 1 amide bonds. The van der Waals surface area contributed by atoms with Crippen LogP contribution in [-0.2, 0) is 6.18 Å². The van der Waals surface area contributed by atoms with Crippen molar-refractivity contribution in [3.05, 3.63) is 52.8 Å². The summed E-state index contributed by atoms with van der Waals surface area (Å²) in [6.07, 6.45) is -3.19. The van der Waals surface area contributed by atoms with E-state index in [2.05, 4.69) is 15.3 Å². The summed E-state index contributed by atoms with van der Waals surface area (Å²) in [7, 11) is 0. The van der Waals surface area contributed by atoms with Crippen LogP contribution in [0, 0.1) is 0 Å². The van der Waals surface area contributed by atoms with Crippen molar-refractivity contribution in [1.82, 2.24) is 9.97 Å². The van der Waals surface area contributed by atoms with E-state index in [-0.39, 0.29) is 16.7 Å². The molecule has 0 unspecified atom stereocenters. The van der Waals surface area contributed by atoms with E-state index in [1.165, 1.54) is 18.3 Å². The molecule has 0 radical (unpaired) electrons. The van der Waals surface area contributed by atoms with Crippen LogP contribution < -0.4 is 5.32 Å². The van der Waals surface area contributed by atoms with Gasteiger partial charge in [-0.2, -0.15) is 13.2 Å². The molecule has 0 bridgehead atoms. The van der Waals surface area contributed by atoms with Crippen molar-refractivity contribution in [3.8, 4) is 0 Å². The Hall–Kier alpha value is -2.15. The molecule has 1 aromatic carbocycles. The average molecular weight is 302 g/mol. The van der Waals surface area contributed by atoms with Crippen LogP contribution in [0.5, 0.6) is 0 Å². The van der Waals surface area contributed by atoms with Gasteiger partial charge in [0, 0.05) is 11.8 Å². The number of nitrogens with one attached hydrogen (secondary N) is 1. The van der Waals surface area contributed by atoms with Crippen LogP contribution >= 0.6 is 11.6 Å². The Morgan fingerprint density at radius 3 is 2.65 bits per heavy atom. The summed E-state index contributed by atoms with van der Waals surface area (Å²) in [5.41, 5.74) is -1.06. The van der Waals surface area contributed by atoms with Crippen molar-refractivity contribution in [3.63, 3.8) is 0 Å². The van der Waals surface area contributed by atoms with E-state index in [0.29, 0.717) is 0 Å². The number of aromatic nitrogens is 2. The molecule has 2 aromatic rings. The summed E-state index contributed by atoms with van der Waals surface area (Å²) in [6, 6.07) is 5.44. The van der Waals surface area contributed by atoms with Gasteiger partial charge >= 0.3 is 6.18 Å². The first kappa shape index (κ1) is 14.3. The van der Waals surface area contributed by atoms with Crippen LogP contribution in [0.1, 0.15) is 15.9 Å². The molecule has 0 aliphatic heterocycles. The number of alkyl halides is 3. The second-order valence-corrected chi connectivity index (χ2v) is 4.12. The second-order valence-electron chi connectivity index (χ2n) is 3.74. The standard InChI is InChI=1S/C12H7ClF3N3O/c13-9-4-5-17-11(18-9)19-10(20)7-2-1-3-8(6-7)12(14,15)16/h1-6H,(H,17,18,19,20). The highest BCUT2D eigenvalue weighted by Crippen LogP contribution is 2.29. The van der Waals surface area contributed by atoms with Gasteiger partial charge in [-0.3, -0.25) is 10.1 Å². The number of carbonyl (C=O) groups excluding carboxylic acids is 1. The van der Waals surface area contributed by atoms with Crippen LogP contribution in [0.4, 0.5) is 19.1 Å². The van der Waals surface area contributed by atoms with Gasteiger partial charge in [-0.25, -0.2) is 9.97 Å². The number of nitrogens with zero attached hydrogens (tertiary/aromatic N) is 2. The number of hydrogen-bond acceptors (Lipinski definition) is 3. The lowest BCUT2D eigenvalue weighted by atomic mass is 10.1. The minimum Gasteiger partial charge on any atom is -0.290 e. The van der Waals surface area contributed by atoms with E-state index in [1.54, 1.807) is 0 Å². The summed E-state index contributed by atoms with van der Waals surface area (Å²) >= 11 is 5.61. The van der Waals surface area contributed by atoms with Crippen molar-refractivity contribution in [2.24, 2.45) is 0 Å². The van der Waals surface area contributed by atoms with Gasteiger partial charge in [0.25, 0.3) is 5.91 Å². The highest BCUT2D eigenvalue weighted by Gasteiger charge is 2.30. The SMILES string of the molecule is O=C(Nc1nccc(Cl)n1)c1cccc(C(F)(F)F)c1. The monoisotopic (exact) mass is 301 g/mol. The molecular weight excluding hydrogens is 295 g/mol. The molecule has 2 rings (SSSR count). The number of amides is 1. The lowest BCUT2D eigenvalue weighted by Crippen LogP contribution is -2.15. The van der Waals surface area contributed by atoms with Gasteiger partial charge in [-0.05, 0) is 24.3 Å². The Morgan fingerprint density at radius 1 is 1.25 bits per heavy atom. The maximum absolute atomic E-state index is 12.5. The number of benzene rings is 1. The number of halogens is 4. The fourth-order valence-electron chi connectivity index (χ4n) is 1.41. The Balaban J connectivity index is 2.22. The van der Waals surface area contributed by atoms with Gasteiger partial charge in [-0.1, -0.05) is 17.7 Å². The quantitative estimate of drug-likeness (QED) is 0.865. The summed E-state index contributed by atoms with van der Waals surface area (Å²) in [5, 5.41) is 2.38. The van der Waals surface area contributed by atoms with Gasteiger partial charge < -0.3 is 0 Å². The van der Waals surface area contributed by atoms with E-state index < -0.39 is 17.6 Å². The minimum absolute atomic E-state index is 0.0834. The fourth-order valence-corrected chi connectivity index (χ4v) is 1.54. The number of hydrogen-bond donors (Lipinski definition) is 1. The third kappa shape index (κ3) is 3.45. The molecule has 0 aliphatic rings. The molecule has 8 heteroatoms. The van der Waals surface area contributed by atoms with Crippen LogP contribution in [-0.4, -0.2) is 15.9 Å². The second kappa shape index (κ2) is 5.46. The van der Waals surface area contributed by atoms with Crippen molar-refractivity contribution >= 4 is 23.5 Å². The lowest BCUT2D eigenvalue weighted by molar-refractivity contribution is -0.137. The summed E-state index contributed by atoms with van der Waals surface area (Å²) in [5.74, 6) is -0.835. The van der Waals surface area contributed by atoms with Crippen molar-refractivity contribution in [2.45, 2.75) is 6.18 Å². The molecule has 0 saturated carbocycles. The zero-order valence-electron chi connectivity index (χ0n) is 9.78. The summed E-state index contributed by atoms with van der Waals surface area (Å²) in [4.78, 5) is 19.2. The van der Waals surface area contributed by atoms with E-state index in [0.717, 1.165) is 18.2 Å². The van der Waals surface area contributed by atoms with Gasteiger partial charge in [0.15, 0.2) is 0 Å². The molecule has 0 saturated heterocycles. The summed E-state index contributed by atoms with van der Waals surface area (Å²) in [6.45, 7) is 0. The van der Waals surface area contributed by atoms with Crippen LogP contribution in [0.15, 0.2) is 36.5 Å². The van der Waals surface area contributed by atoms with Crippen LogP contribution in [0.25, 0.3) is 0 Å². The lowest BCUT2D eigenvalue weighted by Gasteiger charge is -2.08. The molecule has 0 aliphatic carbocycles. The van der Waals surface area contributed by atoms with Gasteiger partial charge in [0.05, 0.1) is 5.56 Å². The Morgan fingerprint density at radius 2 is 2.00 bits per heavy atom.